The first-order valence-corrected chi connectivity index (χ1v) is 8.80. The highest BCUT2D eigenvalue weighted by atomic mass is 16.5. The van der Waals surface area contributed by atoms with Gasteiger partial charge in [0.1, 0.15) is 0 Å². The quantitative estimate of drug-likeness (QED) is 0.713. The van der Waals surface area contributed by atoms with Crippen LogP contribution in [-0.4, -0.2) is 24.7 Å². The second-order valence-corrected chi connectivity index (χ2v) is 6.33. The maximum Gasteiger partial charge on any atom is 0.257 e. The Morgan fingerprint density at radius 3 is 2.46 bits per heavy atom. The van der Waals surface area contributed by atoms with E-state index in [1.807, 2.05) is 31.2 Å². The fourth-order valence-electron chi connectivity index (χ4n) is 2.88. The van der Waals surface area contributed by atoms with Crippen LogP contribution in [0.4, 0.5) is 5.69 Å². The van der Waals surface area contributed by atoms with E-state index in [1.54, 1.807) is 31.5 Å². The third kappa shape index (κ3) is 4.23. The highest BCUT2D eigenvalue weighted by molar-refractivity contribution is 6.04. The molecule has 1 aromatic heterocycles. The van der Waals surface area contributed by atoms with Crippen molar-refractivity contribution >= 4 is 11.6 Å². The van der Waals surface area contributed by atoms with Crippen LogP contribution in [0.15, 0.2) is 65.6 Å². The summed E-state index contributed by atoms with van der Waals surface area (Å²) < 4.78 is 12.0. The molecule has 0 aliphatic rings. The molecular weight excluding hydrogens is 356 g/mol. The summed E-state index contributed by atoms with van der Waals surface area (Å²) in [5.74, 6) is 0.780. The highest BCUT2D eigenvalue weighted by Crippen LogP contribution is 2.29. The molecule has 0 radical (unpaired) electrons. The van der Waals surface area contributed by atoms with E-state index >= 15 is 0 Å². The van der Waals surface area contributed by atoms with E-state index < -0.39 is 0 Å². The molecule has 0 saturated carbocycles. The lowest BCUT2D eigenvalue weighted by Gasteiger charge is -2.12. The van der Waals surface area contributed by atoms with Crippen molar-refractivity contribution in [3.63, 3.8) is 0 Å². The number of carbonyl (C=O) groups excluding carboxylic acids is 1. The number of anilines is 1. The molecule has 0 atom stereocenters. The van der Waals surface area contributed by atoms with E-state index in [1.165, 1.54) is 23.8 Å². The molecule has 3 rings (SSSR count). The Labute approximate surface area is 163 Å². The van der Waals surface area contributed by atoms with Gasteiger partial charge in [0.2, 0.25) is 0 Å². The van der Waals surface area contributed by atoms with Crippen molar-refractivity contribution in [2.75, 3.05) is 19.5 Å². The first kappa shape index (κ1) is 19.2. The number of ether oxygens (including phenoxy) is 2. The first-order valence-electron chi connectivity index (χ1n) is 8.80. The van der Waals surface area contributed by atoms with Crippen LogP contribution in [-0.2, 0) is 6.54 Å². The molecule has 28 heavy (non-hydrogen) atoms. The van der Waals surface area contributed by atoms with Crippen molar-refractivity contribution in [2.24, 2.45) is 0 Å². The van der Waals surface area contributed by atoms with Crippen LogP contribution in [0.1, 0.15) is 21.5 Å². The van der Waals surface area contributed by atoms with Gasteiger partial charge in [0, 0.05) is 24.0 Å². The zero-order valence-corrected chi connectivity index (χ0v) is 16.1. The summed E-state index contributed by atoms with van der Waals surface area (Å²) in [6.07, 6.45) is 1.57. The maximum absolute atomic E-state index is 12.7. The average molecular weight is 378 g/mol. The topological polar surface area (TPSA) is 69.6 Å². The maximum atomic E-state index is 12.7. The van der Waals surface area contributed by atoms with Crippen molar-refractivity contribution in [3.8, 4) is 11.5 Å². The normalized spacial score (nSPS) is 10.4. The Morgan fingerprint density at radius 1 is 1.00 bits per heavy atom. The largest absolute Gasteiger partial charge is 0.493 e. The molecule has 0 aliphatic heterocycles. The van der Waals surface area contributed by atoms with E-state index in [-0.39, 0.29) is 11.5 Å². The number of amides is 1. The summed E-state index contributed by atoms with van der Waals surface area (Å²) in [5, 5.41) is 2.82. The Bertz CT molecular complexity index is 1060. The van der Waals surface area contributed by atoms with Crippen LogP contribution in [0.25, 0.3) is 0 Å². The van der Waals surface area contributed by atoms with Gasteiger partial charge < -0.3 is 19.4 Å². The summed E-state index contributed by atoms with van der Waals surface area (Å²) in [6.45, 7) is 2.40. The summed E-state index contributed by atoms with van der Waals surface area (Å²) in [7, 11) is 3.08. The number of methoxy groups -OCH3 is 2. The van der Waals surface area contributed by atoms with Gasteiger partial charge in [-0.25, -0.2) is 0 Å². The van der Waals surface area contributed by atoms with E-state index in [0.717, 1.165) is 11.1 Å². The molecule has 1 N–H and O–H groups in total. The van der Waals surface area contributed by atoms with E-state index in [9.17, 15) is 9.59 Å². The van der Waals surface area contributed by atoms with Crippen LogP contribution < -0.4 is 20.3 Å². The zero-order valence-electron chi connectivity index (χ0n) is 16.1. The van der Waals surface area contributed by atoms with Crippen molar-refractivity contribution < 1.29 is 14.3 Å². The number of aryl methyl sites for hydroxylation is 1. The van der Waals surface area contributed by atoms with Gasteiger partial charge in [0.15, 0.2) is 11.5 Å². The Kier molecular flexibility index (Phi) is 5.79. The van der Waals surface area contributed by atoms with E-state index in [2.05, 4.69) is 5.32 Å². The predicted molar refractivity (Wildman–Crippen MR) is 108 cm³/mol. The third-order valence-electron chi connectivity index (χ3n) is 4.49. The summed E-state index contributed by atoms with van der Waals surface area (Å²) in [5.41, 5.74) is 2.92. The van der Waals surface area contributed by atoms with Gasteiger partial charge in [-0.2, -0.15) is 0 Å². The minimum Gasteiger partial charge on any atom is -0.493 e. The second kappa shape index (κ2) is 8.43. The summed E-state index contributed by atoms with van der Waals surface area (Å²) in [4.78, 5) is 24.9. The molecule has 0 aliphatic carbocycles. The minimum atomic E-state index is -0.314. The molecule has 0 unspecified atom stereocenters. The smallest absolute Gasteiger partial charge is 0.257 e. The average Bonchev–Trinajstić information content (AvgIpc) is 2.71. The number of nitrogens with zero attached hydrogens (tertiary/aromatic N) is 1. The van der Waals surface area contributed by atoms with Crippen molar-refractivity contribution in [3.05, 3.63) is 87.8 Å². The van der Waals surface area contributed by atoms with Crippen molar-refractivity contribution in [2.45, 2.75) is 13.5 Å². The van der Waals surface area contributed by atoms with E-state index in [4.69, 9.17) is 9.47 Å². The molecule has 6 heteroatoms. The SMILES string of the molecule is COc1ccc(NC(=O)c2ccc(=O)n(Cc3ccccc3C)c2)cc1OC. The second-order valence-electron chi connectivity index (χ2n) is 6.33. The molecule has 2 aromatic carbocycles. The standard InChI is InChI=1S/C22H22N2O4/c1-15-6-4-5-7-16(15)13-24-14-17(8-11-21(24)25)22(26)23-18-9-10-19(27-2)20(12-18)28-3/h4-12,14H,13H2,1-3H3,(H,23,26). The third-order valence-corrected chi connectivity index (χ3v) is 4.49. The van der Waals surface area contributed by atoms with Gasteiger partial charge in [-0.1, -0.05) is 24.3 Å². The number of pyridine rings is 1. The van der Waals surface area contributed by atoms with Crippen LogP contribution in [0.5, 0.6) is 11.5 Å². The molecule has 0 saturated heterocycles. The van der Waals surface area contributed by atoms with Crippen LogP contribution in [0, 0.1) is 6.92 Å². The summed E-state index contributed by atoms with van der Waals surface area (Å²) in [6, 6.07) is 15.9. The molecule has 1 amide bonds. The minimum absolute atomic E-state index is 0.161. The molecule has 0 fully saturated rings. The van der Waals surface area contributed by atoms with Crippen LogP contribution in [0.2, 0.25) is 0 Å². The Hall–Kier alpha value is -3.54. The van der Waals surface area contributed by atoms with Crippen LogP contribution in [0.3, 0.4) is 0 Å². The number of nitrogens with one attached hydrogen (secondary N) is 1. The lowest BCUT2D eigenvalue weighted by Crippen LogP contribution is -2.22. The van der Waals surface area contributed by atoms with Gasteiger partial charge >= 0.3 is 0 Å². The Balaban J connectivity index is 1.83. The summed E-state index contributed by atoms with van der Waals surface area (Å²) >= 11 is 0. The molecule has 0 bridgehead atoms. The van der Waals surface area contributed by atoms with Crippen molar-refractivity contribution in [1.29, 1.82) is 0 Å². The number of carbonyl (C=O) groups is 1. The number of hydrogen-bond donors (Lipinski definition) is 1. The lowest BCUT2D eigenvalue weighted by atomic mass is 10.1. The lowest BCUT2D eigenvalue weighted by molar-refractivity contribution is 0.102. The first-order chi connectivity index (χ1) is 13.5. The fraction of sp³-hybridized carbons (Fsp3) is 0.182. The monoisotopic (exact) mass is 378 g/mol. The van der Waals surface area contributed by atoms with Gasteiger partial charge in [0.25, 0.3) is 11.5 Å². The molecule has 0 spiro atoms. The Morgan fingerprint density at radius 2 is 1.75 bits per heavy atom. The van der Waals surface area contributed by atoms with Gasteiger partial charge in [-0.15, -0.1) is 0 Å². The van der Waals surface area contributed by atoms with Gasteiger partial charge in [-0.3, -0.25) is 9.59 Å². The zero-order chi connectivity index (χ0) is 20.1. The van der Waals surface area contributed by atoms with Gasteiger partial charge in [0.05, 0.1) is 26.3 Å². The number of benzene rings is 2. The number of hydrogen-bond acceptors (Lipinski definition) is 4. The number of rotatable bonds is 6. The van der Waals surface area contributed by atoms with Crippen LogP contribution >= 0.6 is 0 Å². The van der Waals surface area contributed by atoms with E-state index in [0.29, 0.717) is 29.3 Å². The molecule has 3 aromatic rings. The van der Waals surface area contributed by atoms with Crippen molar-refractivity contribution in [1.82, 2.24) is 4.57 Å². The number of aromatic nitrogens is 1. The predicted octanol–water partition coefficient (Wildman–Crippen LogP) is 3.47. The molecule has 144 valence electrons. The molecule has 1 heterocycles. The molecule has 6 nitrogen and oxygen atoms in total. The highest BCUT2D eigenvalue weighted by Gasteiger charge is 2.11. The fourth-order valence-corrected chi connectivity index (χ4v) is 2.88. The molecular formula is C22H22N2O4. The van der Waals surface area contributed by atoms with Gasteiger partial charge in [-0.05, 0) is 36.2 Å².